The SMILES string of the molecule is Cc1cncc(C(O)c2cc(Cl)cc(Br)c2)c1. The predicted molar refractivity (Wildman–Crippen MR) is 72.2 cm³/mol. The van der Waals surface area contributed by atoms with E-state index in [1.54, 1.807) is 24.5 Å². The van der Waals surface area contributed by atoms with Gasteiger partial charge in [-0.1, -0.05) is 33.6 Å². The summed E-state index contributed by atoms with van der Waals surface area (Å²) in [5.74, 6) is 0. The highest BCUT2D eigenvalue weighted by Gasteiger charge is 2.12. The topological polar surface area (TPSA) is 33.1 Å². The Morgan fingerprint density at radius 3 is 2.59 bits per heavy atom. The van der Waals surface area contributed by atoms with Crippen molar-refractivity contribution in [2.75, 3.05) is 0 Å². The normalized spacial score (nSPS) is 12.5. The molecular formula is C13H11BrClNO. The molecule has 0 saturated heterocycles. The van der Waals surface area contributed by atoms with Crippen LogP contribution in [0, 0.1) is 6.92 Å². The Balaban J connectivity index is 2.39. The first kappa shape index (κ1) is 12.6. The van der Waals surface area contributed by atoms with E-state index in [1.807, 2.05) is 19.1 Å². The second-order valence-corrected chi connectivity index (χ2v) is 5.25. The van der Waals surface area contributed by atoms with Crippen LogP contribution in [0.25, 0.3) is 0 Å². The molecule has 1 aromatic carbocycles. The summed E-state index contributed by atoms with van der Waals surface area (Å²) < 4.78 is 0.847. The van der Waals surface area contributed by atoms with Crippen LogP contribution in [-0.4, -0.2) is 10.1 Å². The van der Waals surface area contributed by atoms with Gasteiger partial charge in [-0.25, -0.2) is 0 Å². The molecule has 0 amide bonds. The van der Waals surface area contributed by atoms with Crippen molar-refractivity contribution in [2.45, 2.75) is 13.0 Å². The van der Waals surface area contributed by atoms with Crippen molar-refractivity contribution in [2.24, 2.45) is 0 Å². The highest BCUT2D eigenvalue weighted by Crippen LogP contribution is 2.27. The molecule has 1 N–H and O–H groups in total. The molecule has 0 aliphatic rings. The van der Waals surface area contributed by atoms with Gasteiger partial charge in [0.15, 0.2) is 0 Å². The second kappa shape index (κ2) is 5.17. The number of hydrogen-bond acceptors (Lipinski definition) is 2. The number of pyridine rings is 1. The van der Waals surface area contributed by atoms with Gasteiger partial charge in [0.1, 0.15) is 6.10 Å². The molecule has 1 unspecified atom stereocenters. The van der Waals surface area contributed by atoms with Gasteiger partial charge in [0.05, 0.1) is 0 Å². The number of nitrogens with zero attached hydrogens (tertiary/aromatic N) is 1. The lowest BCUT2D eigenvalue weighted by molar-refractivity contribution is 0.219. The van der Waals surface area contributed by atoms with E-state index in [4.69, 9.17) is 11.6 Å². The first-order valence-corrected chi connectivity index (χ1v) is 6.29. The van der Waals surface area contributed by atoms with E-state index < -0.39 is 6.10 Å². The molecule has 1 atom stereocenters. The van der Waals surface area contributed by atoms with Gasteiger partial charge in [0.2, 0.25) is 0 Å². The Labute approximate surface area is 113 Å². The third kappa shape index (κ3) is 3.06. The van der Waals surface area contributed by atoms with E-state index in [9.17, 15) is 5.11 Å². The number of aryl methyl sites for hydroxylation is 1. The smallest absolute Gasteiger partial charge is 0.106 e. The minimum Gasteiger partial charge on any atom is -0.384 e. The van der Waals surface area contributed by atoms with Crippen molar-refractivity contribution in [3.63, 3.8) is 0 Å². The van der Waals surface area contributed by atoms with Crippen LogP contribution in [-0.2, 0) is 0 Å². The van der Waals surface area contributed by atoms with Gasteiger partial charge in [-0.15, -0.1) is 0 Å². The fraction of sp³-hybridized carbons (Fsp3) is 0.154. The molecule has 0 saturated carbocycles. The average molecular weight is 313 g/mol. The van der Waals surface area contributed by atoms with Crippen molar-refractivity contribution in [1.29, 1.82) is 0 Å². The Morgan fingerprint density at radius 1 is 1.18 bits per heavy atom. The van der Waals surface area contributed by atoms with Gasteiger partial charge < -0.3 is 5.11 Å². The number of rotatable bonds is 2. The molecule has 17 heavy (non-hydrogen) atoms. The molecular weight excluding hydrogens is 302 g/mol. The van der Waals surface area contributed by atoms with Crippen LogP contribution < -0.4 is 0 Å². The van der Waals surface area contributed by atoms with E-state index in [1.165, 1.54) is 0 Å². The molecule has 2 rings (SSSR count). The fourth-order valence-electron chi connectivity index (χ4n) is 1.65. The Morgan fingerprint density at radius 2 is 1.94 bits per heavy atom. The summed E-state index contributed by atoms with van der Waals surface area (Å²) in [6.45, 7) is 1.94. The standard InChI is InChI=1S/C13H11BrClNO/c1-8-2-10(7-16-6-8)13(17)9-3-11(14)5-12(15)4-9/h2-7,13,17H,1H3. The van der Waals surface area contributed by atoms with Crippen molar-refractivity contribution in [1.82, 2.24) is 4.98 Å². The van der Waals surface area contributed by atoms with Gasteiger partial charge in [0, 0.05) is 27.5 Å². The van der Waals surface area contributed by atoms with Crippen molar-refractivity contribution >= 4 is 27.5 Å². The van der Waals surface area contributed by atoms with Crippen molar-refractivity contribution in [3.05, 3.63) is 62.8 Å². The molecule has 2 aromatic rings. The molecule has 0 bridgehead atoms. The number of benzene rings is 1. The number of aromatic nitrogens is 1. The quantitative estimate of drug-likeness (QED) is 0.912. The number of aliphatic hydroxyl groups excluding tert-OH is 1. The van der Waals surface area contributed by atoms with Gasteiger partial charge in [-0.3, -0.25) is 4.98 Å². The van der Waals surface area contributed by atoms with Crippen LogP contribution in [0.4, 0.5) is 0 Å². The number of halogens is 2. The maximum absolute atomic E-state index is 10.2. The Bertz CT molecular complexity index is 524. The lowest BCUT2D eigenvalue weighted by atomic mass is 10.0. The third-order valence-electron chi connectivity index (χ3n) is 2.41. The average Bonchev–Trinajstić information content (AvgIpc) is 2.26. The third-order valence-corrected chi connectivity index (χ3v) is 3.09. The Kier molecular flexibility index (Phi) is 3.82. The number of hydrogen-bond donors (Lipinski definition) is 1. The second-order valence-electron chi connectivity index (χ2n) is 3.90. The lowest BCUT2D eigenvalue weighted by Crippen LogP contribution is -2.00. The molecule has 1 heterocycles. The van der Waals surface area contributed by atoms with Gasteiger partial charge in [-0.05, 0) is 36.2 Å². The molecule has 0 fully saturated rings. The van der Waals surface area contributed by atoms with E-state index in [-0.39, 0.29) is 0 Å². The van der Waals surface area contributed by atoms with Crippen molar-refractivity contribution in [3.8, 4) is 0 Å². The van der Waals surface area contributed by atoms with Crippen LogP contribution in [0.3, 0.4) is 0 Å². The fourth-order valence-corrected chi connectivity index (χ4v) is 2.54. The maximum atomic E-state index is 10.2. The Hall–Kier alpha value is -0.900. The van der Waals surface area contributed by atoms with Crippen LogP contribution in [0.15, 0.2) is 41.1 Å². The first-order valence-electron chi connectivity index (χ1n) is 5.12. The zero-order valence-corrected chi connectivity index (χ0v) is 11.5. The number of aliphatic hydroxyl groups is 1. The lowest BCUT2D eigenvalue weighted by Gasteiger charge is -2.12. The summed E-state index contributed by atoms with van der Waals surface area (Å²) in [7, 11) is 0. The molecule has 0 radical (unpaired) electrons. The predicted octanol–water partition coefficient (Wildman–Crippen LogP) is 3.89. The van der Waals surface area contributed by atoms with Crippen LogP contribution in [0.2, 0.25) is 5.02 Å². The van der Waals surface area contributed by atoms with Gasteiger partial charge >= 0.3 is 0 Å². The largest absolute Gasteiger partial charge is 0.384 e. The van der Waals surface area contributed by atoms with E-state index in [2.05, 4.69) is 20.9 Å². The summed E-state index contributed by atoms with van der Waals surface area (Å²) >= 11 is 9.31. The molecule has 0 spiro atoms. The summed E-state index contributed by atoms with van der Waals surface area (Å²) in [5, 5.41) is 10.8. The molecule has 0 aliphatic carbocycles. The monoisotopic (exact) mass is 311 g/mol. The minimum absolute atomic E-state index is 0.592. The molecule has 1 aromatic heterocycles. The van der Waals surface area contributed by atoms with Crippen LogP contribution in [0.1, 0.15) is 22.8 Å². The van der Waals surface area contributed by atoms with E-state index in [0.29, 0.717) is 5.02 Å². The maximum Gasteiger partial charge on any atom is 0.106 e. The van der Waals surface area contributed by atoms with Crippen LogP contribution in [0.5, 0.6) is 0 Å². The van der Waals surface area contributed by atoms with Crippen molar-refractivity contribution < 1.29 is 5.11 Å². The van der Waals surface area contributed by atoms with E-state index >= 15 is 0 Å². The highest BCUT2D eigenvalue weighted by molar-refractivity contribution is 9.10. The zero-order valence-electron chi connectivity index (χ0n) is 9.19. The molecule has 0 aliphatic heterocycles. The van der Waals surface area contributed by atoms with E-state index in [0.717, 1.165) is 21.2 Å². The summed E-state index contributed by atoms with van der Waals surface area (Å²) in [6, 6.07) is 7.29. The summed E-state index contributed by atoms with van der Waals surface area (Å²) in [5.41, 5.74) is 2.53. The molecule has 4 heteroatoms. The summed E-state index contributed by atoms with van der Waals surface area (Å²) in [4.78, 5) is 4.07. The van der Waals surface area contributed by atoms with Gasteiger partial charge in [0.25, 0.3) is 0 Å². The molecule has 2 nitrogen and oxygen atoms in total. The van der Waals surface area contributed by atoms with Gasteiger partial charge in [-0.2, -0.15) is 0 Å². The molecule has 88 valence electrons. The zero-order chi connectivity index (χ0) is 12.4. The first-order chi connectivity index (χ1) is 8.06. The van der Waals surface area contributed by atoms with Crippen LogP contribution >= 0.6 is 27.5 Å². The highest BCUT2D eigenvalue weighted by atomic mass is 79.9. The summed E-state index contributed by atoms with van der Waals surface area (Å²) in [6.07, 6.45) is 2.70. The minimum atomic E-state index is -0.711.